The predicted octanol–water partition coefficient (Wildman–Crippen LogP) is 3.77. The molecule has 2 aromatic rings. The van der Waals surface area contributed by atoms with Gasteiger partial charge in [0.05, 0.1) is 16.3 Å². The molecule has 0 saturated heterocycles. The molecular weight excluding hydrogens is 460 g/mol. The summed E-state index contributed by atoms with van der Waals surface area (Å²) in [7, 11) is 0. The number of aromatic nitrogens is 3. The van der Waals surface area contributed by atoms with Crippen molar-refractivity contribution < 1.29 is 5.11 Å². The SMILES string of the molecule is CSc1nnc(C(C)(C)C)c(=O)n1N=Cc1c(Br)ccc(Br)c1O. The zero-order valence-corrected chi connectivity index (χ0v) is 17.5. The normalized spacial score (nSPS) is 12.1. The van der Waals surface area contributed by atoms with Crippen LogP contribution < -0.4 is 5.56 Å². The Labute approximate surface area is 160 Å². The smallest absolute Gasteiger partial charge is 0.297 e. The van der Waals surface area contributed by atoms with Gasteiger partial charge in [-0.15, -0.1) is 10.2 Å². The molecule has 0 aliphatic heterocycles. The monoisotopic (exact) mass is 474 g/mol. The summed E-state index contributed by atoms with van der Waals surface area (Å²) in [5, 5.41) is 22.9. The van der Waals surface area contributed by atoms with E-state index in [0.717, 1.165) is 0 Å². The Morgan fingerprint density at radius 2 is 1.88 bits per heavy atom. The third-order valence-corrected chi connectivity index (χ3v) is 5.07. The molecule has 0 spiro atoms. The van der Waals surface area contributed by atoms with Gasteiger partial charge in [0.2, 0.25) is 5.16 Å². The second-order valence-electron chi connectivity index (χ2n) is 5.94. The van der Waals surface area contributed by atoms with E-state index in [9.17, 15) is 9.90 Å². The van der Waals surface area contributed by atoms with Gasteiger partial charge in [-0.1, -0.05) is 32.5 Å². The van der Waals surface area contributed by atoms with Crippen LogP contribution in [0.25, 0.3) is 0 Å². The van der Waals surface area contributed by atoms with Crippen LogP contribution in [0.1, 0.15) is 32.0 Å². The maximum Gasteiger partial charge on any atom is 0.297 e. The molecule has 0 aliphatic carbocycles. The lowest BCUT2D eigenvalue weighted by atomic mass is 9.93. The van der Waals surface area contributed by atoms with E-state index in [0.29, 0.717) is 25.4 Å². The molecule has 9 heteroatoms. The molecule has 2 rings (SSSR count). The molecule has 0 bridgehead atoms. The van der Waals surface area contributed by atoms with Crippen LogP contribution in [0.5, 0.6) is 5.75 Å². The summed E-state index contributed by atoms with van der Waals surface area (Å²) in [5.74, 6) is 0.0323. The van der Waals surface area contributed by atoms with E-state index in [1.807, 2.05) is 20.8 Å². The van der Waals surface area contributed by atoms with Gasteiger partial charge in [-0.05, 0) is 50.2 Å². The predicted molar refractivity (Wildman–Crippen MR) is 103 cm³/mol. The first-order valence-corrected chi connectivity index (χ1v) is 9.73. The highest BCUT2D eigenvalue weighted by Gasteiger charge is 2.23. The summed E-state index contributed by atoms with van der Waals surface area (Å²) in [6.07, 6.45) is 3.21. The Bertz CT molecular complexity index is 860. The first-order chi connectivity index (χ1) is 11.2. The maximum absolute atomic E-state index is 12.7. The third-order valence-electron chi connectivity index (χ3n) is 3.12. The molecule has 0 radical (unpaired) electrons. The van der Waals surface area contributed by atoms with Crippen LogP contribution in [-0.4, -0.2) is 32.5 Å². The van der Waals surface area contributed by atoms with E-state index < -0.39 is 5.41 Å². The minimum Gasteiger partial charge on any atom is -0.506 e. The Morgan fingerprint density at radius 1 is 1.25 bits per heavy atom. The molecule has 0 saturated carbocycles. The van der Waals surface area contributed by atoms with Gasteiger partial charge in [0.15, 0.2) is 0 Å². The Hall–Kier alpha value is -1.19. The molecule has 128 valence electrons. The van der Waals surface area contributed by atoms with Crippen molar-refractivity contribution in [2.24, 2.45) is 5.10 Å². The fourth-order valence-electron chi connectivity index (χ4n) is 1.86. The summed E-state index contributed by atoms with van der Waals surface area (Å²) >= 11 is 7.89. The molecule has 24 heavy (non-hydrogen) atoms. The highest BCUT2D eigenvalue weighted by atomic mass is 79.9. The zero-order valence-electron chi connectivity index (χ0n) is 13.5. The van der Waals surface area contributed by atoms with Crippen molar-refractivity contribution in [1.82, 2.24) is 14.9 Å². The van der Waals surface area contributed by atoms with Crippen molar-refractivity contribution >= 4 is 49.8 Å². The van der Waals surface area contributed by atoms with Gasteiger partial charge in [0, 0.05) is 9.89 Å². The van der Waals surface area contributed by atoms with Crippen LogP contribution in [0.4, 0.5) is 0 Å². The molecule has 0 fully saturated rings. The van der Waals surface area contributed by atoms with Crippen molar-refractivity contribution in [2.75, 3.05) is 6.26 Å². The van der Waals surface area contributed by atoms with Crippen molar-refractivity contribution in [3.63, 3.8) is 0 Å². The van der Waals surface area contributed by atoms with E-state index in [1.54, 1.807) is 18.4 Å². The molecule has 1 heterocycles. The fraction of sp³-hybridized carbons (Fsp3) is 0.333. The number of benzene rings is 1. The van der Waals surface area contributed by atoms with Gasteiger partial charge in [-0.3, -0.25) is 4.79 Å². The summed E-state index contributed by atoms with van der Waals surface area (Å²) in [5.41, 5.74) is 0.00713. The van der Waals surface area contributed by atoms with Crippen molar-refractivity contribution in [1.29, 1.82) is 0 Å². The summed E-state index contributed by atoms with van der Waals surface area (Å²) in [6, 6.07) is 3.48. The summed E-state index contributed by atoms with van der Waals surface area (Å²) in [6.45, 7) is 5.67. The minimum absolute atomic E-state index is 0.0323. The molecule has 6 nitrogen and oxygen atoms in total. The van der Waals surface area contributed by atoms with Gasteiger partial charge >= 0.3 is 0 Å². The topological polar surface area (TPSA) is 80.4 Å². The highest BCUT2D eigenvalue weighted by Crippen LogP contribution is 2.32. The molecule has 0 aliphatic rings. The number of rotatable bonds is 3. The number of phenols is 1. The second kappa shape index (κ2) is 7.37. The average molecular weight is 476 g/mol. The van der Waals surface area contributed by atoms with Gasteiger partial charge in [0.25, 0.3) is 5.56 Å². The second-order valence-corrected chi connectivity index (χ2v) is 8.42. The molecule has 0 amide bonds. The van der Waals surface area contributed by atoms with Crippen molar-refractivity contribution in [3.8, 4) is 5.75 Å². The van der Waals surface area contributed by atoms with E-state index in [1.165, 1.54) is 22.7 Å². The lowest BCUT2D eigenvalue weighted by molar-refractivity contribution is 0.470. The maximum atomic E-state index is 12.7. The van der Waals surface area contributed by atoms with E-state index in [2.05, 4.69) is 47.2 Å². The molecular formula is C15H16Br2N4O2S. The van der Waals surface area contributed by atoms with Crippen LogP contribution >= 0.6 is 43.6 Å². The van der Waals surface area contributed by atoms with Crippen molar-refractivity contribution in [2.45, 2.75) is 31.3 Å². The minimum atomic E-state index is -0.448. The number of aromatic hydroxyl groups is 1. The van der Waals surface area contributed by atoms with Gasteiger partial charge < -0.3 is 5.11 Å². The zero-order chi connectivity index (χ0) is 18.1. The van der Waals surface area contributed by atoms with Crippen molar-refractivity contribution in [3.05, 3.63) is 42.7 Å². The number of halogens is 2. The first kappa shape index (κ1) is 19.1. The van der Waals surface area contributed by atoms with Gasteiger partial charge in [0.1, 0.15) is 11.4 Å². The highest BCUT2D eigenvalue weighted by molar-refractivity contribution is 9.11. The van der Waals surface area contributed by atoms with E-state index in [4.69, 9.17) is 0 Å². The third kappa shape index (κ3) is 3.89. The molecule has 1 aromatic heterocycles. The van der Waals surface area contributed by atoms with Crippen LogP contribution in [0.2, 0.25) is 0 Å². The van der Waals surface area contributed by atoms with Crippen LogP contribution in [0.15, 0.2) is 36.1 Å². The number of phenolic OH excluding ortho intramolecular Hbond substituents is 1. The lowest BCUT2D eigenvalue weighted by Crippen LogP contribution is -2.32. The molecule has 1 N–H and O–H groups in total. The Morgan fingerprint density at radius 3 is 2.46 bits per heavy atom. The molecule has 1 aromatic carbocycles. The number of thioether (sulfide) groups is 1. The lowest BCUT2D eigenvalue weighted by Gasteiger charge is -2.16. The Kier molecular flexibility index (Phi) is 5.87. The standard InChI is InChI=1S/C15H16Br2N4O2S/c1-15(2,3)12-13(23)21(14(24-4)20-19-12)18-7-8-9(16)5-6-10(17)11(8)22/h5-7,22H,1-4H3. The number of hydrogen-bond acceptors (Lipinski definition) is 6. The fourth-order valence-corrected chi connectivity index (χ4v) is 3.05. The van der Waals surface area contributed by atoms with E-state index >= 15 is 0 Å². The van der Waals surface area contributed by atoms with Crippen LogP contribution in [0, 0.1) is 0 Å². The van der Waals surface area contributed by atoms with E-state index in [-0.39, 0.29) is 11.3 Å². The molecule has 0 unspecified atom stereocenters. The first-order valence-electron chi connectivity index (χ1n) is 6.92. The van der Waals surface area contributed by atoms with Crippen LogP contribution in [-0.2, 0) is 5.41 Å². The average Bonchev–Trinajstić information content (AvgIpc) is 2.50. The summed E-state index contributed by atoms with van der Waals surface area (Å²) in [4.78, 5) is 12.7. The van der Waals surface area contributed by atoms with Crippen LogP contribution in [0.3, 0.4) is 0 Å². The molecule has 0 atom stereocenters. The quantitative estimate of drug-likeness (QED) is 0.539. The largest absolute Gasteiger partial charge is 0.506 e. The van der Waals surface area contributed by atoms with Gasteiger partial charge in [-0.25, -0.2) is 0 Å². The number of hydrogen-bond donors (Lipinski definition) is 1. The Balaban J connectivity index is 2.62. The summed E-state index contributed by atoms with van der Waals surface area (Å²) < 4.78 is 2.39. The number of nitrogens with zero attached hydrogens (tertiary/aromatic N) is 4. The van der Waals surface area contributed by atoms with Gasteiger partial charge in [-0.2, -0.15) is 9.78 Å².